The van der Waals surface area contributed by atoms with E-state index < -0.39 is 5.67 Å². The molecule has 0 amide bonds. The summed E-state index contributed by atoms with van der Waals surface area (Å²) in [7, 11) is 0. The first-order valence-electron chi connectivity index (χ1n) is 8.55. The monoisotopic (exact) mass is 278 g/mol. The van der Waals surface area contributed by atoms with E-state index in [-0.39, 0.29) is 0 Å². The Hall–Kier alpha value is -0.590. The van der Waals surface area contributed by atoms with Crippen molar-refractivity contribution >= 4 is 0 Å². The van der Waals surface area contributed by atoms with Gasteiger partial charge in [0.2, 0.25) is 0 Å². The van der Waals surface area contributed by atoms with Crippen molar-refractivity contribution in [1.82, 2.24) is 0 Å². The Kier molecular flexibility index (Phi) is 5.46. The van der Waals surface area contributed by atoms with Gasteiger partial charge < -0.3 is 0 Å². The van der Waals surface area contributed by atoms with Crippen LogP contribution in [0.5, 0.6) is 0 Å². The molecule has 20 heavy (non-hydrogen) atoms. The Morgan fingerprint density at radius 3 is 2.90 bits per heavy atom. The second-order valence-electron chi connectivity index (χ2n) is 7.24. The van der Waals surface area contributed by atoms with Crippen molar-refractivity contribution in [3.63, 3.8) is 0 Å². The molecule has 2 aliphatic rings. The summed E-state index contributed by atoms with van der Waals surface area (Å²) in [5, 5.41) is 0. The van der Waals surface area contributed by atoms with Crippen molar-refractivity contribution in [2.75, 3.05) is 0 Å². The molecule has 0 aromatic carbocycles. The summed E-state index contributed by atoms with van der Waals surface area (Å²) in [4.78, 5) is 0. The van der Waals surface area contributed by atoms with Crippen molar-refractivity contribution in [3.05, 3.63) is 24.8 Å². The number of hydrogen-bond donors (Lipinski definition) is 0. The number of rotatable bonds is 6. The molecular formula is C19H31F. The van der Waals surface area contributed by atoms with Crippen molar-refractivity contribution in [2.45, 2.75) is 70.9 Å². The lowest BCUT2D eigenvalue weighted by atomic mass is 9.65. The van der Waals surface area contributed by atoms with E-state index in [0.29, 0.717) is 12.3 Å². The Labute approximate surface area is 124 Å². The van der Waals surface area contributed by atoms with Crippen LogP contribution in [0.25, 0.3) is 0 Å². The van der Waals surface area contributed by atoms with Gasteiger partial charge in [-0.15, -0.1) is 0 Å². The molecule has 0 N–H and O–H groups in total. The van der Waals surface area contributed by atoms with Gasteiger partial charge in [0.05, 0.1) is 0 Å². The minimum atomic E-state index is -1.19. The molecule has 114 valence electrons. The maximum atomic E-state index is 14.4. The number of halogens is 1. The summed E-state index contributed by atoms with van der Waals surface area (Å²) in [5.74, 6) is 2.96. The van der Waals surface area contributed by atoms with E-state index in [1.165, 1.54) is 51.0 Å². The van der Waals surface area contributed by atoms with E-state index >= 15 is 0 Å². The van der Waals surface area contributed by atoms with Crippen LogP contribution in [-0.2, 0) is 0 Å². The first kappa shape index (κ1) is 15.8. The molecule has 2 rings (SSSR count). The topological polar surface area (TPSA) is 0 Å². The highest BCUT2D eigenvalue weighted by atomic mass is 19.1. The molecule has 0 heterocycles. The normalized spacial score (nSPS) is 34.0. The van der Waals surface area contributed by atoms with Gasteiger partial charge in [-0.25, -0.2) is 4.39 Å². The third-order valence-corrected chi connectivity index (χ3v) is 5.58. The Balaban J connectivity index is 1.99. The first-order chi connectivity index (χ1) is 9.55. The fourth-order valence-electron chi connectivity index (χ4n) is 4.39. The fraction of sp³-hybridized carbons (Fsp3) is 0.789. The molecule has 0 radical (unpaired) electrons. The third-order valence-electron chi connectivity index (χ3n) is 5.58. The summed E-state index contributed by atoms with van der Waals surface area (Å²) >= 11 is 0. The zero-order valence-electron chi connectivity index (χ0n) is 13.3. The van der Waals surface area contributed by atoms with E-state index in [1.807, 2.05) is 0 Å². The molecule has 0 bridgehead atoms. The summed E-state index contributed by atoms with van der Waals surface area (Å²) in [6.07, 6.45) is 15.9. The summed E-state index contributed by atoms with van der Waals surface area (Å²) in [6, 6.07) is 0. The van der Waals surface area contributed by atoms with Gasteiger partial charge in [0.1, 0.15) is 5.67 Å². The average molecular weight is 278 g/mol. The van der Waals surface area contributed by atoms with Crippen LogP contribution in [0.4, 0.5) is 4.39 Å². The van der Waals surface area contributed by atoms with Crippen LogP contribution in [-0.4, -0.2) is 5.67 Å². The highest BCUT2D eigenvalue weighted by molar-refractivity contribution is 5.01. The van der Waals surface area contributed by atoms with Gasteiger partial charge in [0, 0.05) is 0 Å². The fourth-order valence-corrected chi connectivity index (χ4v) is 4.39. The van der Waals surface area contributed by atoms with Gasteiger partial charge in [0.15, 0.2) is 0 Å². The van der Waals surface area contributed by atoms with Crippen molar-refractivity contribution in [3.8, 4) is 0 Å². The summed E-state index contributed by atoms with van der Waals surface area (Å²) < 4.78 is 14.4. The van der Waals surface area contributed by atoms with Crippen LogP contribution in [0.3, 0.4) is 0 Å². The molecular weight excluding hydrogens is 247 g/mol. The van der Waals surface area contributed by atoms with Crippen molar-refractivity contribution < 1.29 is 4.39 Å². The number of fused-ring (bicyclic) bond motifs is 1. The second kappa shape index (κ2) is 6.91. The highest BCUT2D eigenvalue weighted by Gasteiger charge is 2.36. The lowest BCUT2D eigenvalue weighted by Gasteiger charge is -2.41. The molecule has 0 spiro atoms. The molecule has 0 aromatic heterocycles. The van der Waals surface area contributed by atoms with Crippen molar-refractivity contribution in [2.24, 2.45) is 23.7 Å². The molecule has 0 saturated heterocycles. The predicted octanol–water partition coefficient (Wildman–Crippen LogP) is 6.09. The van der Waals surface area contributed by atoms with Gasteiger partial charge in [-0.3, -0.25) is 0 Å². The Bertz CT molecular complexity index is 342. The second-order valence-corrected chi connectivity index (χ2v) is 7.24. The maximum absolute atomic E-state index is 14.4. The molecule has 2 aliphatic carbocycles. The lowest BCUT2D eigenvalue weighted by Crippen LogP contribution is -2.32. The van der Waals surface area contributed by atoms with E-state index in [2.05, 4.69) is 25.7 Å². The summed E-state index contributed by atoms with van der Waals surface area (Å²) in [5.41, 5.74) is -1.19. The SMILES string of the molecule is C=CC(C)(F)CC(CCC)C1CCC2C=CCCC2C1. The number of alkyl halides is 1. The highest BCUT2D eigenvalue weighted by Crippen LogP contribution is 2.45. The van der Waals surface area contributed by atoms with Crippen LogP contribution < -0.4 is 0 Å². The van der Waals surface area contributed by atoms with E-state index in [9.17, 15) is 4.39 Å². The molecule has 0 aliphatic heterocycles. The van der Waals surface area contributed by atoms with Gasteiger partial charge in [-0.2, -0.15) is 0 Å². The van der Waals surface area contributed by atoms with Gasteiger partial charge in [-0.05, 0) is 69.1 Å². The molecule has 5 unspecified atom stereocenters. The standard InChI is InChI=1S/C19H31F/c1-4-8-18(14-19(3,20)5-2)17-12-11-15-9-6-7-10-16(15)13-17/h5-6,9,15-18H,2,4,7-8,10-14H2,1,3H3. The molecule has 1 saturated carbocycles. The Morgan fingerprint density at radius 2 is 2.20 bits per heavy atom. The molecule has 0 nitrogen and oxygen atoms in total. The maximum Gasteiger partial charge on any atom is 0.126 e. The van der Waals surface area contributed by atoms with Crippen LogP contribution >= 0.6 is 0 Å². The van der Waals surface area contributed by atoms with Gasteiger partial charge in [0.25, 0.3) is 0 Å². The number of allylic oxidation sites excluding steroid dienone is 3. The third kappa shape index (κ3) is 3.96. The van der Waals surface area contributed by atoms with E-state index in [0.717, 1.165) is 17.8 Å². The van der Waals surface area contributed by atoms with Gasteiger partial charge >= 0.3 is 0 Å². The Morgan fingerprint density at radius 1 is 1.40 bits per heavy atom. The largest absolute Gasteiger partial charge is 0.240 e. The van der Waals surface area contributed by atoms with E-state index in [1.54, 1.807) is 6.92 Å². The van der Waals surface area contributed by atoms with Crippen LogP contribution in [0.1, 0.15) is 65.2 Å². The zero-order valence-corrected chi connectivity index (χ0v) is 13.3. The van der Waals surface area contributed by atoms with Crippen LogP contribution in [0, 0.1) is 23.7 Å². The minimum Gasteiger partial charge on any atom is -0.240 e. The predicted molar refractivity (Wildman–Crippen MR) is 85.4 cm³/mol. The minimum absolute atomic E-state index is 0.542. The van der Waals surface area contributed by atoms with Crippen LogP contribution in [0.15, 0.2) is 24.8 Å². The molecule has 1 heteroatoms. The quantitative estimate of drug-likeness (QED) is 0.516. The average Bonchev–Trinajstić information content (AvgIpc) is 2.46. The number of hydrogen-bond acceptors (Lipinski definition) is 0. The molecule has 0 aromatic rings. The van der Waals surface area contributed by atoms with Crippen LogP contribution in [0.2, 0.25) is 0 Å². The summed E-state index contributed by atoms with van der Waals surface area (Å²) in [6.45, 7) is 7.59. The smallest absolute Gasteiger partial charge is 0.126 e. The van der Waals surface area contributed by atoms with Gasteiger partial charge in [-0.1, -0.05) is 44.6 Å². The van der Waals surface area contributed by atoms with E-state index in [4.69, 9.17) is 0 Å². The molecule has 5 atom stereocenters. The first-order valence-corrected chi connectivity index (χ1v) is 8.55. The van der Waals surface area contributed by atoms with Crippen molar-refractivity contribution in [1.29, 1.82) is 0 Å². The lowest BCUT2D eigenvalue weighted by molar-refractivity contribution is 0.101. The molecule has 1 fully saturated rings. The zero-order chi connectivity index (χ0) is 14.6.